The molecule has 5 nitrogen and oxygen atoms in total. The van der Waals surface area contributed by atoms with Crippen LogP contribution >= 0.6 is 0 Å². The van der Waals surface area contributed by atoms with Crippen molar-refractivity contribution in [3.63, 3.8) is 0 Å². The Morgan fingerprint density at radius 3 is 2.29 bits per heavy atom. The van der Waals surface area contributed by atoms with Gasteiger partial charge in [-0.1, -0.05) is 36.8 Å². The Bertz CT molecular complexity index is 457. The minimum atomic E-state index is -1.61. The monoisotopic (exact) mass is 294 g/mol. The van der Waals surface area contributed by atoms with Gasteiger partial charge in [0.1, 0.15) is 0 Å². The van der Waals surface area contributed by atoms with E-state index in [-0.39, 0.29) is 6.42 Å². The Morgan fingerprint density at radius 1 is 1.10 bits per heavy atom. The van der Waals surface area contributed by atoms with Gasteiger partial charge < -0.3 is 14.9 Å². The average molecular weight is 294 g/mol. The van der Waals surface area contributed by atoms with Gasteiger partial charge in [0.05, 0.1) is 6.42 Å². The highest BCUT2D eigenvalue weighted by Crippen LogP contribution is 2.24. The minimum Gasteiger partial charge on any atom is -0.481 e. The second kappa shape index (κ2) is 8.42. The molecule has 1 aromatic rings. The molecule has 0 bridgehead atoms. The molecule has 0 radical (unpaired) electrons. The van der Waals surface area contributed by atoms with Crippen LogP contribution in [0.1, 0.15) is 37.7 Å². The number of aryl methyl sites for hydroxylation is 1. The second-order valence-electron chi connectivity index (χ2n) is 5.12. The summed E-state index contributed by atoms with van der Waals surface area (Å²) < 4.78 is 4.99. The van der Waals surface area contributed by atoms with Gasteiger partial charge in [0.2, 0.25) is 0 Å². The number of carbonyl (C=O) groups is 2. The fourth-order valence-electron chi connectivity index (χ4n) is 2.34. The van der Waals surface area contributed by atoms with Crippen molar-refractivity contribution in [2.45, 2.75) is 44.1 Å². The third kappa shape index (κ3) is 5.55. The summed E-state index contributed by atoms with van der Waals surface area (Å²) in [5, 5.41) is 18.1. The highest BCUT2D eigenvalue weighted by molar-refractivity contribution is 5.83. The fourth-order valence-corrected chi connectivity index (χ4v) is 2.34. The zero-order chi connectivity index (χ0) is 15.7. The molecule has 0 saturated carbocycles. The van der Waals surface area contributed by atoms with Crippen LogP contribution in [-0.4, -0.2) is 34.9 Å². The number of ether oxygens (including phenoxy) is 1. The normalized spacial score (nSPS) is 13.6. The zero-order valence-electron chi connectivity index (χ0n) is 12.2. The predicted molar refractivity (Wildman–Crippen MR) is 78.2 cm³/mol. The maximum absolute atomic E-state index is 11.3. The second-order valence-corrected chi connectivity index (χ2v) is 5.12. The zero-order valence-corrected chi connectivity index (χ0v) is 12.2. The van der Waals surface area contributed by atoms with E-state index in [1.54, 1.807) is 0 Å². The van der Waals surface area contributed by atoms with Crippen molar-refractivity contribution in [2.75, 3.05) is 7.11 Å². The van der Waals surface area contributed by atoms with Crippen LogP contribution in [0, 0.1) is 0 Å². The summed E-state index contributed by atoms with van der Waals surface area (Å²) in [4.78, 5) is 22.1. The quantitative estimate of drug-likeness (QED) is 0.648. The topological polar surface area (TPSA) is 83.8 Å². The molecule has 0 fully saturated rings. The van der Waals surface area contributed by atoms with E-state index in [0.29, 0.717) is 6.42 Å². The molecule has 0 aliphatic rings. The Labute approximate surface area is 124 Å². The molecule has 2 N–H and O–H groups in total. The first kappa shape index (κ1) is 17.2. The summed E-state index contributed by atoms with van der Waals surface area (Å²) in [6.07, 6.45) is 3.04. The number of hydrogen-bond acceptors (Lipinski definition) is 3. The molecule has 5 heteroatoms. The maximum Gasteiger partial charge on any atom is 0.336 e. The van der Waals surface area contributed by atoms with Crippen molar-refractivity contribution in [1.29, 1.82) is 0 Å². The lowest BCUT2D eigenvalue weighted by atomic mass is 9.92. The number of benzene rings is 1. The molecule has 0 aromatic heterocycles. The van der Waals surface area contributed by atoms with Gasteiger partial charge in [-0.15, -0.1) is 0 Å². The van der Waals surface area contributed by atoms with Gasteiger partial charge in [0.25, 0.3) is 0 Å². The SMILES string of the molecule is COC(CCCCCc1ccccc1)(CC(=O)O)C(=O)O. The van der Waals surface area contributed by atoms with E-state index in [1.165, 1.54) is 12.7 Å². The highest BCUT2D eigenvalue weighted by Gasteiger charge is 2.40. The van der Waals surface area contributed by atoms with Crippen molar-refractivity contribution in [2.24, 2.45) is 0 Å². The predicted octanol–water partition coefficient (Wildman–Crippen LogP) is 2.73. The Kier molecular flexibility index (Phi) is 6.88. The van der Waals surface area contributed by atoms with Gasteiger partial charge in [-0.3, -0.25) is 4.79 Å². The summed E-state index contributed by atoms with van der Waals surface area (Å²) in [6, 6.07) is 10.1. The number of hydrogen-bond donors (Lipinski definition) is 2. The Morgan fingerprint density at radius 2 is 1.76 bits per heavy atom. The first-order valence-electron chi connectivity index (χ1n) is 7.04. The van der Waals surface area contributed by atoms with E-state index in [9.17, 15) is 14.7 Å². The average Bonchev–Trinajstić information content (AvgIpc) is 2.46. The molecule has 0 aliphatic heterocycles. The highest BCUT2D eigenvalue weighted by atomic mass is 16.5. The lowest BCUT2D eigenvalue weighted by Crippen LogP contribution is -2.42. The lowest BCUT2D eigenvalue weighted by Gasteiger charge is -2.26. The fraction of sp³-hybridized carbons (Fsp3) is 0.500. The van der Waals surface area contributed by atoms with E-state index in [4.69, 9.17) is 9.84 Å². The van der Waals surface area contributed by atoms with Crippen molar-refractivity contribution in [3.05, 3.63) is 35.9 Å². The van der Waals surface area contributed by atoms with Gasteiger partial charge in [-0.05, 0) is 31.2 Å². The summed E-state index contributed by atoms with van der Waals surface area (Å²) in [6.45, 7) is 0. The van der Waals surface area contributed by atoms with Crippen LogP contribution in [-0.2, 0) is 20.7 Å². The van der Waals surface area contributed by atoms with E-state index < -0.39 is 24.0 Å². The number of rotatable bonds is 10. The van der Waals surface area contributed by atoms with Crippen molar-refractivity contribution >= 4 is 11.9 Å². The Hall–Kier alpha value is -1.88. The van der Waals surface area contributed by atoms with Crippen LogP contribution in [0.3, 0.4) is 0 Å². The van der Waals surface area contributed by atoms with Gasteiger partial charge in [0.15, 0.2) is 5.60 Å². The number of carboxylic acids is 2. The standard InChI is InChI=1S/C16H22O5/c1-21-16(15(19)20,12-14(17)18)11-7-3-6-10-13-8-4-2-5-9-13/h2,4-5,8-9H,3,6-7,10-12H2,1H3,(H,17,18)(H,19,20). The van der Waals surface area contributed by atoms with Gasteiger partial charge >= 0.3 is 11.9 Å². The van der Waals surface area contributed by atoms with Gasteiger partial charge in [-0.2, -0.15) is 0 Å². The van der Waals surface area contributed by atoms with E-state index in [2.05, 4.69) is 12.1 Å². The third-order valence-corrected chi connectivity index (χ3v) is 3.61. The summed E-state index contributed by atoms with van der Waals surface area (Å²) >= 11 is 0. The maximum atomic E-state index is 11.3. The van der Waals surface area contributed by atoms with Crippen LogP contribution in [0.5, 0.6) is 0 Å². The summed E-state index contributed by atoms with van der Waals surface area (Å²) in [7, 11) is 1.25. The summed E-state index contributed by atoms with van der Waals surface area (Å²) in [5.41, 5.74) is -0.363. The molecule has 116 valence electrons. The van der Waals surface area contributed by atoms with Gasteiger partial charge in [0, 0.05) is 7.11 Å². The first-order chi connectivity index (χ1) is 10.00. The van der Waals surface area contributed by atoms with Crippen LogP contribution in [0.2, 0.25) is 0 Å². The molecule has 0 heterocycles. The number of methoxy groups -OCH3 is 1. The van der Waals surface area contributed by atoms with Crippen LogP contribution in [0.4, 0.5) is 0 Å². The van der Waals surface area contributed by atoms with Crippen LogP contribution < -0.4 is 0 Å². The number of carboxylic acid groups (broad SMARTS) is 2. The van der Waals surface area contributed by atoms with E-state index >= 15 is 0 Å². The van der Waals surface area contributed by atoms with Crippen LogP contribution in [0.15, 0.2) is 30.3 Å². The van der Waals surface area contributed by atoms with Crippen LogP contribution in [0.25, 0.3) is 0 Å². The Balaban J connectivity index is 2.40. The molecule has 1 atom stereocenters. The molecule has 0 saturated heterocycles. The molecule has 1 unspecified atom stereocenters. The first-order valence-corrected chi connectivity index (χ1v) is 7.04. The van der Waals surface area contributed by atoms with E-state index in [0.717, 1.165) is 19.3 Å². The molecule has 1 aromatic carbocycles. The third-order valence-electron chi connectivity index (χ3n) is 3.61. The van der Waals surface area contributed by atoms with Crippen molar-refractivity contribution in [3.8, 4) is 0 Å². The smallest absolute Gasteiger partial charge is 0.336 e. The molecule has 0 spiro atoms. The molecule has 0 amide bonds. The molecule has 21 heavy (non-hydrogen) atoms. The molecular formula is C16H22O5. The van der Waals surface area contributed by atoms with Crippen molar-refractivity contribution < 1.29 is 24.5 Å². The van der Waals surface area contributed by atoms with Gasteiger partial charge in [-0.25, -0.2) is 4.79 Å². The molecular weight excluding hydrogens is 272 g/mol. The number of unbranched alkanes of at least 4 members (excludes halogenated alkanes) is 2. The minimum absolute atomic E-state index is 0.208. The lowest BCUT2D eigenvalue weighted by molar-refractivity contribution is -0.170. The molecule has 0 aliphatic carbocycles. The number of aliphatic carboxylic acids is 2. The molecule has 1 rings (SSSR count). The largest absolute Gasteiger partial charge is 0.481 e. The summed E-state index contributed by atoms with van der Waals surface area (Å²) in [5.74, 6) is -2.38. The van der Waals surface area contributed by atoms with Crippen molar-refractivity contribution in [1.82, 2.24) is 0 Å². The van der Waals surface area contributed by atoms with E-state index in [1.807, 2.05) is 18.2 Å².